The molecule has 2 aromatic rings. The molecule has 2 aromatic carbocycles. The number of aliphatic hydroxyl groups is 2. The molecule has 0 aromatic heterocycles. The van der Waals surface area contributed by atoms with E-state index in [1.807, 2.05) is 0 Å². The number of carbonyl (C=O) groups is 3. The average Bonchev–Trinajstić information content (AvgIpc) is 3.44. The molecule has 14 nitrogen and oxygen atoms in total. The lowest BCUT2D eigenvalue weighted by atomic mass is 9.78. The Labute approximate surface area is 333 Å². The molecule has 1 saturated carbocycles. The van der Waals surface area contributed by atoms with Gasteiger partial charge >= 0.3 is 11.8 Å². The number of allylic oxidation sites excluding steroid dienone is 2. The zero-order chi connectivity index (χ0) is 42.1. The van der Waals surface area contributed by atoms with Crippen LogP contribution in [0.15, 0.2) is 36.1 Å². The van der Waals surface area contributed by atoms with E-state index in [4.69, 9.17) is 18.9 Å². The molecular formula is C43H58N2O12. The molecule has 4 aliphatic rings. The number of Topliss-reactive ketones (excluding diaryl/α,β-unsaturated/α-hetero) is 1. The van der Waals surface area contributed by atoms with Crippen LogP contribution in [0, 0.1) is 30.6 Å². The Morgan fingerprint density at radius 3 is 2.21 bits per heavy atom. The Kier molecular flexibility index (Phi) is 13.2. The summed E-state index contributed by atoms with van der Waals surface area (Å²) < 4.78 is 23.6. The summed E-state index contributed by atoms with van der Waals surface area (Å²) in [5.41, 5.74) is -0.0548. The van der Waals surface area contributed by atoms with Crippen LogP contribution in [0.2, 0.25) is 0 Å². The first kappa shape index (κ1) is 43.3. The molecule has 3 heterocycles. The molecule has 14 heteroatoms. The minimum Gasteiger partial charge on any atom is -0.507 e. The van der Waals surface area contributed by atoms with Gasteiger partial charge in [-0.2, -0.15) is 0 Å². The third-order valence-corrected chi connectivity index (χ3v) is 11.9. The van der Waals surface area contributed by atoms with Crippen molar-refractivity contribution in [3.05, 3.63) is 47.3 Å². The van der Waals surface area contributed by atoms with E-state index in [0.717, 1.165) is 32.1 Å². The maximum absolute atomic E-state index is 14.4. The van der Waals surface area contributed by atoms with Gasteiger partial charge in [0, 0.05) is 67.2 Å². The number of nitrogens with one attached hydrogen (secondary N) is 2. The van der Waals surface area contributed by atoms with E-state index in [0.29, 0.717) is 0 Å². The maximum Gasteiger partial charge on any atom is 0.312 e. The number of anilines is 2. The van der Waals surface area contributed by atoms with Gasteiger partial charge in [0.25, 0.3) is 11.7 Å². The predicted molar refractivity (Wildman–Crippen MR) is 214 cm³/mol. The molecule has 1 aliphatic carbocycles. The molecule has 9 atom stereocenters. The predicted octanol–water partition coefficient (Wildman–Crippen LogP) is 6.50. The second kappa shape index (κ2) is 17.4. The molecule has 57 heavy (non-hydrogen) atoms. The van der Waals surface area contributed by atoms with Crippen LogP contribution in [0.4, 0.5) is 11.4 Å². The number of aromatic hydroxyl groups is 3. The number of ketones is 1. The number of phenolic OH excluding ortho intramolecular Hbond substituents is 3. The topological polar surface area (TPSA) is 213 Å². The van der Waals surface area contributed by atoms with Crippen molar-refractivity contribution in [3.63, 3.8) is 0 Å². The van der Waals surface area contributed by atoms with E-state index in [-0.39, 0.29) is 50.6 Å². The van der Waals surface area contributed by atoms with E-state index < -0.39 is 88.8 Å². The quantitative estimate of drug-likeness (QED) is 0.100. The number of rotatable bonds is 4. The monoisotopic (exact) mass is 794 g/mol. The summed E-state index contributed by atoms with van der Waals surface area (Å²) in [6.45, 7) is 12.6. The van der Waals surface area contributed by atoms with Crippen LogP contribution >= 0.6 is 0 Å². The van der Waals surface area contributed by atoms with Crippen LogP contribution < -0.4 is 15.4 Å². The third-order valence-electron chi connectivity index (χ3n) is 11.9. The highest BCUT2D eigenvalue weighted by molar-refractivity contribution is 6.23. The summed E-state index contributed by atoms with van der Waals surface area (Å²) in [7, 11) is 1.45. The van der Waals surface area contributed by atoms with E-state index in [1.165, 1.54) is 46.3 Å². The number of hydrogen-bond donors (Lipinski definition) is 7. The van der Waals surface area contributed by atoms with E-state index >= 15 is 0 Å². The van der Waals surface area contributed by atoms with Gasteiger partial charge in [-0.1, -0.05) is 65.2 Å². The molecule has 6 rings (SSSR count). The SMILES string of the molecule is COC1/C=C/OC2(C)Oc3c(C)c(O)c4c(O)c(c(NC5CCCCC5)c(O)c4c3C2=O)NC(=O)/C(C)=C/C=C/C(C)C(O)C(C)C(O)C(C)C(OC(C)=O)C1C. The van der Waals surface area contributed by atoms with Crippen LogP contribution in [0.5, 0.6) is 23.0 Å². The Hall–Kier alpha value is -4.79. The first-order chi connectivity index (χ1) is 26.8. The first-order valence-electron chi connectivity index (χ1n) is 19.7. The molecule has 9 unspecified atom stereocenters. The summed E-state index contributed by atoms with van der Waals surface area (Å²) >= 11 is 0. The van der Waals surface area contributed by atoms with Gasteiger partial charge in [0.2, 0.25) is 0 Å². The van der Waals surface area contributed by atoms with Gasteiger partial charge in [0.15, 0.2) is 5.75 Å². The number of fused-ring (bicyclic) bond motifs is 14. The van der Waals surface area contributed by atoms with Crippen LogP contribution in [0.25, 0.3) is 10.8 Å². The van der Waals surface area contributed by atoms with Crippen molar-refractivity contribution in [2.24, 2.45) is 23.7 Å². The van der Waals surface area contributed by atoms with Gasteiger partial charge in [-0.25, -0.2) is 0 Å². The van der Waals surface area contributed by atoms with Gasteiger partial charge in [-0.3, -0.25) is 14.4 Å². The van der Waals surface area contributed by atoms with Crippen LogP contribution in [-0.4, -0.2) is 86.5 Å². The minimum atomic E-state index is -2.01. The van der Waals surface area contributed by atoms with Gasteiger partial charge in [-0.05, 0) is 32.8 Å². The number of hydrogen-bond acceptors (Lipinski definition) is 13. The van der Waals surface area contributed by atoms with Crippen molar-refractivity contribution >= 4 is 39.8 Å². The number of methoxy groups -OCH3 is 1. The number of phenols is 3. The molecule has 1 fully saturated rings. The lowest BCUT2D eigenvalue weighted by molar-refractivity contribution is -0.160. The van der Waals surface area contributed by atoms with E-state index in [1.54, 1.807) is 46.8 Å². The van der Waals surface area contributed by atoms with Crippen LogP contribution in [0.3, 0.4) is 0 Å². The minimum absolute atomic E-state index is 0.0245. The summed E-state index contributed by atoms with van der Waals surface area (Å²) in [5, 5.41) is 64.0. The van der Waals surface area contributed by atoms with Crippen molar-refractivity contribution < 1.29 is 58.9 Å². The highest BCUT2D eigenvalue weighted by Crippen LogP contribution is 2.57. The Bertz CT molecular complexity index is 1970. The number of ether oxygens (including phenoxy) is 4. The largest absolute Gasteiger partial charge is 0.507 e. The number of amides is 1. The zero-order valence-corrected chi connectivity index (χ0v) is 34.2. The molecule has 0 radical (unpaired) electrons. The fourth-order valence-corrected chi connectivity index (χ4v) is 8.31. The molecule has 3 aliphatic heterocycles. The first-order valence-corrected chi connectivity index (χ1v) is 19.7. The fraction of sp³-hybridized carbons (Fsp3) is 0.558. The molecule has 312 valence electrons. The van der Waals surface area contributed by atoms with E-state index in [2.05, 4.69) is 10.6 Å². The number of carbonyl (C=O) groups excluding carboxylic acids is 3. The van der Waals surface area contributed by atoms with Crippen molar-refractivity contribution in [1.82, 2.24) is 0 Å². The number of benzene rings is 2. The normalized spacial score (nSPS) is 32.5. The summed E-state index contributed by atoms with van der Waals surface area (Å²) in [6.07, 6.45) is 8.12. The summed E-state index contributed by atoms with van der Waals surface area (Å²) in [5.74, 6) is -7.96. The van der Waals surface area contributed by atoms with Gasteiger partial charge in [-0.15, -0.1) is 0 Å². The second-order valence-corrected chi connectivity index (χ2v) is 16.1. The third kappa shape index (κ3) is 8.44. The average molecular weight is 795 g/mol. The standard InChI is InChI=1S/C43H58N2O12/c1-20-14-13-15-21(2)42(53)45-33-32(44-27-16-11-10-12-17-27)37(50)29-30(38(33)51)36(49)25(6)40-31(29)41(52)43(8,57-40)55-19-18-28(54-9)22(3)39(56-26(7)46)24(5)35(48)23(4)34(20)47/h13-15,18-20,22-24,27-28,34-35,39,44,47-51H,10-12,16-17H2,1-9H3,(H,45,53)/b14-13+,19-18+,21-15+. The molecular weight excluding hydrogens is 736 g/mol. The van der Waals surface area contributed by atoms with Crippen molar-refractivity contribution in [2.45, 2.75) is 124 Å². The van der Waals surface area contributed by atoms with Crippen molar-refractivity contribution in [3.8, 4) is 23.0 Å². The highest BCUT2D eigenvalue weighted by Gasteiger charge is 2.50. The molecule has 5 bridgehead atoms. The van der Waals surface area contributed by atoms with Gasteiger partial charge in [0.1, 0.15) is 34.7 Å². The van der Waals surface area contributed by atoms with Gasteiger partial charge in [0.05, 0.1) is 35.5 Å². The van der Waals surface area contributed by atoms with Crippen LogP contribution in [-0.2, 0) is 23.8 Å². The zero-order valence-electron chi connectivity index (χ0n) is 34.2. The maximum atomic E-state index is 14.4. The van der Waals surface area contributed by atoms with Gasteiger partial charge < -0.3 is 55.1 Å². The second-order valence-electron chi connectivity index (χ2n) is 16.1. The summed E-state index contributed by atoms with van der Waals surface area (Å²) in [4.78, 5) is 40.4. The molecule has 7 N–H and O–H groups in total. The number of esters is 1. The molecule has 0 saturated heterocycles. The van der Waals surface area contributed by atoms with Crippen LogP contribution in [0.1, 0.15) is 96.5 Å². The Morgan fingerprint density at radius 2 is 1.58 bits per heavy atom. The number of aliphatic hydroxyl groups excluding tert-OH is 2. The van der Waals surface area contributed by atoms with Crippen molar-refractivity contribution in [1.29, 1.82) is 0 Å². The Balaban J connectivity index is 1.70. The molecule has 0 spiro atoms. The lowest BCUT2D eigenvalue weighted by Crippen LogP contribution is -2.46. The Morgan fingerprint density at radius 1 is 0.912 bits per heavy atom. The van der Waals surface area contributed by atoms with Crippen molar-refractivity contribution in [2.75, 3.05) is 17.7 Å². The molecule has 1 amide bonds. The highest BCUT2D eigenvalue weighted by atomic mass is 16.7. The smallest absolute Gasteiger partial charge is 0.312 e. The lowest BCUT2D eigenvalue weighted by Gasteiger charge is -2.38. The van der Waals surface area contributed by atoms with E-state index in [9.17, 15) is 39.9 Å². The summed E-state index contributed by atoms with van der Waals surface area (Å²) in [6, 6.07) is -0.130. The fourth-order valence-electron chi connectivity index (χ4n) is 8.31.